The molecule has 0 saturated heterocycles. The molecule has 0 spiro atoms. The maximum absolute atomic E-state index is 13.5. The second kappa shape index (κ2) is 5.44. The van der Waals surface area contributed by atoms with Crippen LogP contribution in [0.25, 0.3) is 0 Å². The highest BCUT2D eigenvalue weighted by Gasteiger charge is 2.04. The van der Waals surface area contributed by atoms with Crippen LogP contribution in [0, 0.1) is 19.7 Å². The van der Waals surface area contributed by atoms with Gasteiger partial charge in [0.25, 0.3) is 0 Å². The summed E-state index contributed by atoms with van der Waals surface area (Å²) in [5.74, 6) is 0.417. The molecule has 0 aliphatic carbocycles. The van der Waals surface area contributed by atoms with Gasteiger partial charge in [0.2, 0.25) is 0 Å². The van der Waals surface area contributed by atoms with Gasteiger partial charge in [-0.2, -0.15) is 0 Å². The topological polar surface area (TPSA) is 37.8 Å². The van der Waals surface area contributed by atoms with E-state index in [1.807, 2.05) is 13.8 Å². The van der Waals surface area contributed by atoms with Gasteiger partial charge in [-0.1, -0.05) is 15.9 Å². The van der Waals surface area contributed by atoms with Crippen molar-refractivity contribution in [2.45, 2.75) is 20.4 Å². The molecule has 2 aromatic rings. The van der Waals surface area contributed by atoms with Crippen molar-refractivity contribution in [1.82, 2.24) is 9.97 Å². The first kappa shape index (κ1) is 13.0. The van der Waals surface area contributed by atoms with Gasteiger partial charge in [-0.15, -0.1) is 0 Å². The lowest BCUT2D eigenvalue weighted by Gasteiger charge is -2.08. The quantitative estimate of drug-likeness (QED) is 0.941. The van der Waals surface area contributed by atoms with Gasteiger partial charge in [-0.3, -0.25) is 4.98 Å². The predicted molar refractivity (Wildman–Crippen MR) is 72.9 cm³/mol. The van der Waals surface area contributed by atoms with Gasteiger partial charge in [-0.25, -0.2) is 9.37 Å². The van der Waals surface area contributed by atoms with Crippen molar-refractivity contribution in [3.63, 3.8) is 0 Å². The largest absolute Gasteiger partial charge is 0.365 e. The van der Waals surface area contributed by atoms with Crippen LogP contribution < -0.4 is 5.32 Å². The summed E-state index contributed by atoms with van der Waals surface area (Å²) in [7, 11) is 0. The zero-order valence-corrected chi connectivity index (χ0v) is 11.8. The maximum Gasteiger partial charge on any atom is 0.145 e. The Morgan fingerprint density at radius 2 is 2.06 bits per heavy atom. The van der Waals surface area contributed by atoms with E-state index in [1.54, 1.807) is 18.3 Å². The second-order valence-corrected chi connectivity index (χ2v) is 4.93. The van der Waals surface area contributed by atoms with Crippen LogP contribution in [-0.4, -0.2) is 9.97 Å². The van der Waals surface area contributed by atoms with E-state index in [9.17, 15) is 4.39 Å². The number of anilines is 1. The first-order valence-electron chi connectivity index (χ1n) is 5.54. The van der Waals surface area contributed by atoms with E-state index in [4.69, 9.17) is 0 Å². The van der Waals surface area contributed by atoms with Crippen LogP contribution in [0.3, 0.4) is 0 Å². The molecular formula is C13H13BrFN3. The van der Waals surface area contributed by atoms with Gasteiger partial charge in [-0.05, 0) is 32.0 Å². The molecule has 3 nitrogen and oxygen atoms in total. The number of halogens is 2. The van der Waals surface area contributed by atoms with Gasteiger partial charge < -0.3 is 5.32 Å². The maximum atomic E-state index is 13.5. The first-order valence-corrected chi connectivity index (χ1v) is 6.33. The number of nitrogens with one attached hydrogen (secondary N) is 1. The lowest BCUT2D eigenvalue weighted by molar-refractivity contribution is 0.612. The molecule has 0 atom stereocenters. The van der Waals surface area contributed by atoms with Gasteiger partial charge in [0.1, 0.15) is 11.6 Å². The monoisotopic (exact) mass is 309 g/mol. The van der Waals surface area contributed by atoms with Crippen LogP contribution in [0.2, 0.25) is 0 Å². The molecule has 1 heterocycles. The van der Waals surface area contributed by atoms with Gasteiger partial charge in [0, 0.05) is 16.6 Å². The number of rotatable bonds is 3. The minimum Gasteiger partial charge on any atom is -0.365 e. The number of hydrogen-bond acceptors (Lipinski definition) is 3. The fourth-order valence-corrected chi connectivity index (χ4v) is 1.90. The highest BCUT2D eigenvalue weighted by atomic mass is 79.9. The SMILES string of the molecule is Cc1ncc(NCc2cc(Br)ccc2F)nc1C. The fourth-order valence-electron chi connectivity index (χ4n) is 1.49. The van der Waals surface area contributed by atoms with E-state index >= 15 is 0 Å². The van der Waals surface area contributed by atoms with Crippen molar-refractivity contribution in [2.75, 3.05) is 5.32 Å². The van der Waals surface area contributed by atoms with Crippen molar-refractivity contribution in [1.29, 1.82) is 0 Å². The number of aromatic nitrogens is 2. The lowest BCUT2D eigenvalue weighted by Crippen LogP contribution is -2.05. The second-order valence-electron chi connectivity index (χ2n) is 4.02. The Morgan fingerprint density at radius 1 is 1.28 bits per heavy atom. The minimum atomic E-state index is -0.234. The Kier molecular flexibility index (Phi) is 3.91. The standard InChI is InChI=1S/C13H13BrFN3/c1-8-9(2)18-13(7-16-8)17-6-10-5-11(14)3-4-12(10)15/h3-5,7H,6H2,1-2H3,(H,17,18). The molecule has 1 aromatic carbocycles. The summed E-state index contributed by atoms with van der Waals surface area (Å²) in [5, 5.41) is 3.06. The van der Waals surface area contributed by atoms with Gasteiger partial charge in [0.05, 0.1) is 17.6 Å². The molecule has 0 aliphatic heterocycles. The van der Waals surface area contributed by atoms with E-state index in [0.717, 1.165) is 15.9 Å². The number of benzene rings is 1. The van der Waals surface area contributed by atoms with Crippen molar-refractivity contribution in [3.8, 4) is 0 Å². The van der Waals surface area contributed by atoms with Crippen molar-refractivity contribution < 1.29 is 4.39 Å². The van der Waals surface area contributed by atoms with E-state index in [1.165, 1.54) is 6.07 Å². The minimum absolute atomic E-state index is 0.234. The summed E-state index contributed by atoms with van der Waals surface area (Å²) in [6.07, 6.45) is 1.65. The molecule has 0 unspecified atom stereocenters. The van der Waals surface area contributed by atoms with E-state index in [-0.39, 0.29) is 5.82 Å². The Hall–Kier alpha value is -1.49. The van der Waals surface area contributed by atoms with Gasteiger partial charge in [0.15, 0.2) is 0 Å². The fraction of sp³-hybridized carbons (Fsp3) is 0.231. The Morgan fingerprint density at radius 3 is 2.78 bits per heavy atom. The number of aryl methyl sites for hydroxylation is 2. The van der Waals surface area contributed by atoms with Crippen LogP contribution in [-0.2, 0) is 6.54 Å². The lowest BCUT2D eigenvalue weighted by atomic mass is 10.2. The highest BCUT2D eigenvalue weighted by molar-refractivity contribution is 9.10. The summed E-state index contributed by atoms with van der Waals surface area (Å²) < 4.78 is 14.4. The predicted octanol–water partition coefficient (Wildman–Crippen LogP) is 3.61. The molecule has 0 aliphatic rings. The third kappa shape index (κ3) is 3.04. The third-order valence-corrected chi connectivity index (χ3v) is 3.15. The molecule has 0 fully saturated rings. The molecule has 0 amide bonds. The molecule has 94 valence electrons. The molecule has 0 saturated carbocycles. The summed E-state index contributed by atoms with van der Waals surface area (Å²) >= 11 is 3.32. The summed E-state index contributed by atoms with van der Waals surface area (Å²) in [5.41, 5.74) is 2.35. The molecule has 18 heavy (non-hydrogen) atoms. The van der Waals surface area contributed by atoms with Crippen LogP contribution in [0.1, 0.15) is 17.0 Å². The number of hydrogen-bond donors (Lipinski definition) is 1. The van der Waals surface area contributed by atoms with Gasteiger partial charge >= 0.3 is 0 Å². The van der Waals surface area contributed by atoms with E-state index in [2.05, 4.69) is 31.2 Å². The Balaban J connectivity index is 2.11. The molecule has 2 rings (SSSR count). The average Bonchev–Trinajstić information content (AvgIpc) is 2.34. The zero-order valence-electron chi connectivity index (χ0n) is 10.2. The molecule has 5 heteroatoms. The normalized spacial score (nSPS) is 10.4. The third-order valence-electron chi connectivity index (χ3n) is 2.66. The zero-order chi connectivity index (χ0) is 13.1. The summed E-state index contributed by atoms with van der Waals surface area (Å²) in [4.78, 5) is 8.54. The van der Waals surface area contributed by atoms with Crippen LogP contribution in [0.5, 0.6) is 0 Å². The number of nitrogens with zero attached hydrogens (tertiary/aromatic N) is 2. The summed E-state index contributed by atoms with van der Waals surface area (Å²) in [6, 6.07) is 4.86. The van der Waals surface area contributed by atoms with Crippen LogP contribution >= 0.6 is 15.9 Å². The average molecular weight is 310 g/mol. The molecular weight excluding hydrogens is 297 g/mol. The Labute approximate surface area is 114 Å². The van der Waals surface area contributed by atoms with E-state index in [0.29, 0.717) is 17.9 Å². The van der Waals surface area contributed by atoms with Crippen molar-refractivity contribution in [3.05, 3.63) is 51.6 Å². The molecule has 0 bridgehead atoms. The smallest absolute Gasteiger partial charge is 0.145 e. The van der Waals surface area contributed by atoms with Crippen LogP contribution in [0.4, 0.5) is 10.2 Å². The molecule has 0 radical (unpaired) electrons. The van der Waals surface area contributed by atoms with E-state index < -0.39 is 0 Å². The highest BCUT2D eigenvalue weighted by Crippen LogP contribution is 2.16. The first-order chi connectivity index (χ1) is 8.56. The Bertz CT molecular complexity index is 572. The summed E-state index contributed by atoms with van der Waals surface area (Å²) in [6.45, 7) is 4.18. The van der Waals surface area contributed by atoms with Crippen molar-refractivity contribution >= 4 is 21.7 Å². The van der Waals surface area contributed by atoms with Crippen LogP contribution in [0.15, 0.2) is 28.9 Å². The molecule has 1 aromatic heterocycles. The molecule has 1 N–H and O–H groups in total. The van der Waals surface area contributed by atoms with Crippen molar-refractivity contribution in [2.24, 2.45) is 0 Å².